The smallest absolute Gasteiger partial charge is 0.332 e. The zero-order valence-electron chi connectivity index (χ0n) is 16.2. The number of ketones is 1. The van der Waals surface area contributed by atoms with Crippen molar-refractivity contribution < 1.29 is 23.9 Å². The third-order valence-corrected chi connectivity index (χ3v) is 5.34. The number of hydrogen-bond donors (Lipinski definition) is 2. The number of amides is 3. The summed E-state index contributed by atoms with van der Waals surface area (Å²) in [6.45, 7) is 0.110. The number of nitrogens with one attached hydrogen (secondary N) is 1. The van der Waals surface area contributed by atoms with Crippen LogP contribution < -0.4 is 22.3 Å². The van der Waals surface area contributed by atoms with E-state index in [0.717, 1.165) is 22.3 Å². The molecule has 29 heavy (non-hydrogen) atoms. The van der Waals surface area contributed by atoms with Crippen molar-refractivity contribution in [3.8, 4) is 0 Å². The maximum absolute atomic E-state index is 12.5. The minimum atomic E-state index is -1.04. The number of nitrogen functional groups attached to an aromatic ring is 1. The van der Waals surface area contributed by atoms with Crippen LogP contribution in [0.3, 0.4) is 0 Å². The van der Waals surface area contributed by atoms with E-state index in [9.17, 15) is 28.8 Å². The van der Waals surface area contributed by atoms with Gasteiger partial charge in [0.05, 0.1) is 0 Å². The summed E-state index contributed by atoms with van der Waals surface area (Å²) in [4.78, 5) is 73.6. The molecule has 12 heteroatoms. The zero-order valence-corrected chi connectivity index (χ0v) is 16.2. The van der Waals surface area contributed by atoms with Gasteiger partial charge in [-0.15, -0.1) is 0 Å². The molecule has 1 aliphatic carbocycles. The second-order valence-corrected chi connectivity index (χ2v) is 7.35. The number of rotatable bonds is 6. The van der Waals surface area contributed by atoms with Crippen LogP contribution in [0.5, 0.6) is 0 Å². The topological polar surface area (TPSA) is 163 Å². The Balaban J connectivity index is 1.67. The molecule has 12 nitrogen and oxygen atoms in total. The van der Waals surface area contributed by atoms with Crippen LogP contribution in [0, 0.1) is 5.92 Å². The fourth-order valence-corrected chi connectivity index (χ4v) is 3.31. The third kappa shape index (κ3) is 3.30. The summed E-state index contributed by atoms with van der Waals surface area (Å²) in [6.07, 6.45) is 1.62. The van der Waals surface area contributed by atoms with Gasteiger partial charge < -0.3 is 15.8 Å². The molecule has 1 aliphatic heterocycles. The van der Waals surface area contributed by atoms with E-state index in [-0.39, 0.29) is 11.7 Å². The van der Waals surface area contributed by atoms with Gasteiger partial charge in [-0.2, -0.15) is 0 Å². The standard InChI is InChI=1S/C17H21N5O7/c1-17(8-4-5-8)14(26)22(15(27)19-17)6-10(24)29-7-9(23)11-12(18)20(2)16(28)21(3)13(11)25/h8H,4-7,18H2,1-3H3,(H,19,27). The monoisotopic (exact) mass is 407 g/mol. The number of carbonyl (C=O) groups is 4. The maximum Gasteiger partial charge on any atom is 0.332 e. The van der Waals surface area contributed by atoms with E-state index in [1.807, 2.05) is 0 Å². The Morgan fingerprint density at radius 3 is 2.38 bits per heavy atom. The van der Waals surface area contributed by atoms with Gasteiger partial charge in [0, 0.05) is 14.1 Å². The summed E-state index contributed by atoms with van der Waals surface area (Å²) < 4.78 is 6.45. The van der Waals surface area contributed by atoms with Gasteiger partial charge in [-0.05, 0) is 25.7 Å². The molecule has 3 amide bonds. The molecular weight excluding hydrogens is 386 g/mol. The van der Waals surface area contributed by atoms with Crippen molar-refractivity contribution in [3.63, 3.8) is 0 Å². The third-order valence-electron chi connectivity index (χ3n) is 5.34. The normalized spacial score (nSPS) is 21.3. The van der Waals surface area contributed by atoms with Gasteiger partial charge in [-0.3, -0.25) is 33.2 Å². The maximum atomic E-state index is 12.5. The fraction of sp³-hybridized carbons (Fsp3) is 0.529. The molecule has 1 aromatic heterocycles. The minimum Gasteiger partial charge on any atom is -0.456 e. The van der Waals surface area contributed by atoms with Gasteiger partial charge in [-0.25, -0.2) is 9.59 Å². The van der Waals surface area contributed by atoms with E-state index < -0.39 is 59.2 Å². The van der Waals surface area contributed by atoms with Crippen LogP contribution >= 0.6 is 0 Å². The zero-order chi connectivity index (χ0) is 21.7. The molecule has 2 fully saturated rings. The van der Waals surface area contributed by atoms with E-state index in [0.29, 0.717) is 4.57 Å². The Hall–Kier alpha value is -3.44. The highest BCUT2D eigenvalue weighted by atomic mass is 16.5. The second kappa shape index (κ2) is 6.87. The van der Waals surface area contributed by atoms with Crippen molar-refractivity contribution in [2.75, 3.05) is 18.9 Å². The largest absolute Gasteiger partial charge is 0.456 e. The van der Waals surface area contributed by atoms with Gasteiger partial charge in [0.2, 0.25) is 5.78 Å². The summed E-state index contributed by atoms with van der Waals surface area (Å²) in [6, 6.07) is -0.705. The van der Waals surface area contributed by atoms with Gasteiger partial charge in [0.15, 0.2) is 6.61 Å². The quantitative estimate of drug-likeness (QED) is 0.314. The van der Waals surface area contributed by atoms with Crippen LogP contribution in [0.4, 0.5) is 10.6 Å². The molecule has 1 unspecified atom stereocenters. The first-order valence-corrected chi connectivity index (χ1v) is 8.87. The Morgan fingerprint density at radius 2 is 1.79 bits per heavy atom. The number of ether oxygens (including phenoxy) is 1. The predicted molar refractivity (Wildman–Crippen MR) is 98.0 cm³/mol. The van der Waals surface area contributed by atoms with E-state index in [2.05, 4.69) is 5.32 Å². The van der Waals surface area contributed by atoms with Crippen molar-refractivity contribution in [1.82, 2.24) is 19.4 Å². The predicted octanol–water partition coefficient (Wildman–Crippen LogP) is -1.89. The van der Waals surface area contributed by atoms with Crippen LogP contribution in [-0.4, -0.2) is 56.4 Å². The lowest BCUT2D eigenvalue weighted by Gasteiger charge is -2.20. The molecule has 0 bridgehead atoms. The number of anilines is 1. The highest BCUT2D eigenvalue weighted by molar-refractivity contribution is 6.09. The lowest BCUT2D eigenvalue weighted by atomic mass is 9.96. The first-order valence-electron chi connectivity index (χ1n) is 8.87. The molecule has 1 aromatic rings. The SMILES string of the molecule is Cn1c(N)c(C(=O)COC(=O)CN2C(=O)NC(C)(C3CC3)C2=O)c(=O)n(C)c1=O. The van der Waals surface area contributed by atoms with Gasteiger partial charge in [0.1, 0.15) is 23.5 Å². The molecule has 3 rings (SSSR count). The summed E-state index contributed by atoms with van der Waals surface area (Å²) in [5.41, 5.74) is 2.52. The van der Waals surface area contributed by atoms with E-state index in [4.69, 9.17) is 10.5 Å². The molecule has 0 radical (unpaired) electrons. The molecule has 2 heterocycles. The molecule has 3 N–H and O–H groups in total. The molecule has 0 aromatic carbocycles. The highest BCUT2D eigenvalue weighted by Crippen LogP contribution is 2.42. The second-order valence-electron chi connectivity index (χ2n) is 7.35. The van der Waals surface area contributed by atoms with Crippen molar-refractivity contribution >= 4 is 29.5 Å². The lowest BCUT2D eigenvalue weighted by molar-refractivity contribution is -0.146. The van der Waals surface area contributed by atoms with Crippen LogP contribution in [0.15, 0.2) is 9.59 Å². The summed E-state index contributed by atoms with van der Waals surface area (Å²) in [5, 5.41) is 2.59. The molecule has 2 aliphatic rings. The average molecular weight is 407 g/mol. The Kier molecular flexibility index (Phi) is 4.81. The molecule has 0 spiro atoms. The fourth-order valence-electron chi connectivity index (χ4n) is 3.31. The van der Waals surface area contributed by atoms with Crippen LogP contribution in [-0.2, 0) is 28.4 Å². The van der Waals surface area contributed by atoms with Crippen molar-refractivity contribution in [3.05, 3.63) is 26.4 Å². The lowest BCUT2D eigenvalue weighted by Crippen LogP contribution is -2.46. The number of aromatic nitrogens is 2. The van der Waals surface area contributed by atoms with Gasteiger partial charge in [0.25, 0.3) is 11.5 Å². The number of nitrogens with zero attached hydrogens (tertiary/aromatic N) is 3. The number of Topliss-reactive ketones (excluding diaryl/α,β-unsaturated/α-hetero) is 1. The summed E-state index contributed by atoms with van der Waals surface area (Å²) in [5.74, 6) is -2.75. The Bertz CT molecular complexity index is 1050. The Morgan fingerprint density at radius 1 is 1.17 bits per heavy atom. The average Bonchev–Trinajstić information content (AvgIpc) is 3.49. The number of esters is 1. The number of hydrogen-bond acceptors (Lipinski definition) is 8. The molecule has 1 saturated carbocycles. The summed E-state index contributed by atoms with van der Waals surface area (Å²) >= 11 is 0. The van der Waals surface area contributed by atoms with Crippen molar-refractivity contribution in [1.29, 1.82) is 0 Å². The summed E-state index contributed by atoms with van der Waals surface area (Å²) in [7, 11) is 2.47. The van der Waals surface area contributed by atoms with Gasteiger partial charge in [-0.1, -0.05) is 0 Å². The number of carbonyl (C=O) groups excluding carboxylic acids is 4. The molecule has 156 valence electrons. The van der Waals surface area contributed by atoms with Crippen molar-refractivity contribution in [2.24, 2.45) is 20.0 Å². The molecule has 1 saturated heterocycles. The van der Waals surface area contributed by atoms with Crippen LogP contribution in [0.2, 0.25) is 0 Å². The van der Waals surface area contributed by atoms with Crippen molar-refractivity contribution in [2.45, 2.75) is 25.3 Å². The first-order chi connectivity index (χ1) is 13.5. The molecule has 1 atom stereocenters. The number of nitrogens with two attached hydrogens (primary N) is 1. The first kappa shape index (κ1) is 20.3. The van der Waals surface area contributed by atoms with Crippen LogP contribution in [0.25, 0.3) is 0 Å². The number of urea groups is 1. The van der Waals surface area contributed by atoms with E-state index in [1.165, 1.54) is 14.1 Å². The Labute approximate surface area is 164 Å². The van der Waals surface area contributed by atoms with E-state index >= 15 is 0 Å². The van der Waals surface area contributed by atoms with Gasteiger partial charge >= 0.3 is 17.7 Å². The molecular formula is C17H21N5O7. The highest BCUT2D eigenvalue weighted by Gasteiger charge is 2.56. The van der Waals surface area contributed by atoms with E-state index in [1.54, 1.807) is 6.92 Å². The van der Waals surface area contributed by atoms with Crippen LogP contribution in [0.1, 0.15) is 30.1 Å². The minimum absolute atomic E-state index is 0.0328. The number of imide groups is 1.